The first-order chi connectivity index (χ1) is 9.60. The number of hydrogen-bond acceptors (Lipinski definition) is 6. The van der Waals surface area contributed by atoms with E-state index < -0.39 is 0 Å². The minimum absolute atomic E-state index is 0.300. The van der Waals surface area contributed by atoms with Gasteiger partial charge < -0.3 is 16.0 Å². The van der Waals surface area contributed by atoms with E-state index in [9.17, 15) is 0 Å². The Hall–Kier alpha value is -1.82. The molecule has 0 aliphatic heterocycles. The number of aromatic nitrogens is 2. The van der Waals surface area contributed by atoms with Gasteiger partial charge in [-0.1, -0.05) is 6.07 Å². The lowest BCUT2D eigenvalue weighted by Gasteiger charge is -2.26. The van der Waals surface area contributed by atoms with Gasteiger partial charge in [0.1, 0.15) is 11.6 Å². The van der Waals surface area contributed by atoms with Crippen molar-refractivity contribution in [3.05, 3.63) is 28.5 Å². The topological polar surface area (TPSA) is 67.1 Å². The number of nitrogens with two attached hydrogens (primary N) is 1. The zero-order valence-electron chi connectivity index (χ0n) is 12.1. The molecule has 0 bridgehead atoms. The summed E-state index contributed by atoms with van der Waals surface area (Å²) in [5.74, 6) is 1.91. The van der Waals surface area contributed by atoms with Crippen LogP contribution in [0.1, 0.15) is 18.7 Å². The molecule has 0 aromatic carbocycles. The molecule has 2 rings (SSSR count). The van der Waals surface area contributed by atoms with Crippen LogP contribution < -0.4 is 16.0 Å². The van der Waals surface area contributed by atoms with Gasteiger partial charge in [-0.05, 0) is 25.3 Å². The second kappa shape index (κ2) is 6.56. The summed E-state index contributed by atoms with van der Waals surface area (Å²) in [6.45, 7) is 5.02. The molecule has 1 unspecified atom stereocenters. The normalized spacial score (nSPS) is 12.2. The molecular weight excluding hydrogens is 270 g/mol. The third kappa shape index (κ3) is 3.60. The van der Waals surface area contributed by atoms with Crippen LogP contribution in [0.2, 0.25) is 0 Å². The Bertz CT molecular complexity index is 541. The van der Waals surface area contributed by atoms with Gasteiger partial charge in [0, 0.05) is 37.0 Å². The Kier molecular flexibility index (Phi) is 4.79. The predicted molar refractivity (Wildman–Crippen MR) is 86.5 cm³/mol. The van der Waals surface area contributed by atoms with Crippen LogP contribution in [0.15, 0.2) is 23.6 Å². The van der Waals surface area contributed by atoms with Gasteiger partial charge in [-0.2, -0.15) is 9.97 Å². The molecule has 6 heteroatoms. The van der Waals surface area contributed by atoms with Crippen LogP contribution in [-0.4, -0.2) is 29.6 Å². The number of rotatable bonds is 6. The standard InChI is InChI=1S/C14H21N5S/c1-4-16-12-9-13(18-14(15)17-12)19(3)10(2)8-11-6-5-7-20-11/h5-7,9-10H,4,8H2,1-3H3,(H3,15,16,17,18). The van der Waals surface area contributed by atoms with Crippen molar-refractivity contribution in [2.24, 2.45) is 0 Å². The molecule has 2 heterocycles. The molecule has 0 fully saturated rings. The molecule has 0 spiro atoms. The summed E-state index contributed by atoms with van der Waals surface area (Å²) in [7, 11) is 2.04. The van der Waals surface area contributed by atoms with Crippen molar-refractivity contribution < 1.29 is 0 Å². The van der Waals surface area contributed by atoms with E-state index in [1.54, 1.807) is 11.3 Å². The van der Waals surface area contributed by atoms with Crippen LogP contribution in [0.4, 0.5) is 17.6 Å². The van der Waals surface area contributed by atoms with Gasteiger partial charge >= 0.3 is 0 Å². The van der Waals surface area contributed by atoms with Crippen molar-refractivity contribution in [2.45, 2.75) is 26.3 Å². The van der Waals surface area contributed by atoms with Gasteiger partial charge in [0.15, 0.2) is 0 Å². The van der Waals surface area contributed by atoms with Crippen LogP contribution in [0.25, 0.3) is 0 Å². The summed E-state index contributed by atoms with van der Waals surface area (Å²) in [4.78, 5) is 12.0. The maximum atomic E-state index is 5.78. The summed E-state index contributed by atoms with van der Waals surface area (Å²) in [6.07, 6.45) is 0.995. The SMILES string of the molecule is CCNc1cc(N(C)C(C)Cc2cccs2)nc(N)n1. The molecule has 0 radical (unpaired) electrons. The zero-order chi connectivity index (χ0) is 14.5. The molecule has 5 nitrogen and oxygen atoms in total. The quantitative estimate of drug-likeness (QED) is 0.856. The summed E-state index contributed by atoms with van der Waals surface area (Å²) >= 11 is 1.78. The molecule has 20 heavy (non-hydrogen) atoms. The van der Waals surface area contributed by atoms with Crippen molar-refractivity contribution >= 4 is 28.9 Å². The molecule has 0 aliphatic rings. The predicted octanol–water partition coefficient (Wildman–Crippen LogP) is 2.62. The highest BCUT2D eigenvalue weighted by Crippen LogP contribution is 2.20. The van der Waals surface area contributed by atoms with Gasteiger partial charge in [-0.15, -0.1) is 11.3 Å². The average molecular weight is 291 g/mol. The summed E-state index contributed by atoms with van der Waals surface area (Å²) < 4.78 is 0. The van der Waals surface area contributed by atoms with Crippen molar-refractivity contribution in [1.29, 1.82) is 0 Å². The van der Waals surface area contributed by atoms with E-state index in [-0.39, 0.29) is 0 Å². The molecule has 108 valence electrons. The summed E-state index contributed by atoms with van der Waals surface area (Å²) in [5, 5.41) is 5.28. The Morgan fingerprint density at radius 2 is 2.25 bits per heavy atom. The largest absolute Gasteiger partial charge is 0.370 e. The van der Waals surface area contributed by atoms with E-state index in [1.807, 2.05) is 20.0 Å². The molecule has 2 aromatic rings. The van der Waals surface area contributed by atoms with Gasteiger partial charge in [-0.25, -0.2) is 0 Å². The molecule has 1 atom stereocenters. The first-order valence-electron chi connectivity index (χ1n) is 6.73. The second-order valence-corrected chi connectivity index (χ2v) is 5.78. The minimum Gasteiger partial charge on any atom is -0.370 e. The van der Waals surface area contributed by atoms with Crippen molar-refractivity contribution in [3.63, 3.8) is 0 Å². The third-order valence-corrected chi connectivity index (χ3v) is 4.09. The Morgan fingerprint density at radius 3 is 2.90 bits per heavy atom. The first-order valence-corrected chi connectivity index (χ1v) is 7.61. The van der Waals surface area contributed by atoms with Crippen LogP contribution in [0.5, 0.6) is 0 Å². The van der Waals surface area contributed by atoms with Gasteiger partial charge in [-0.3, -0.25) is 0 Å². The number of thiophene rings is 1. The molecule has 0 saturated heterocycles. The van der Waals surface area contributed by atoms with E-state index in [2.05, 4.69) is 44.6 Å². The van der Waals surface area contributed by atoms with Crippen molar-refractivity contribution in [2.75, 3.05) is 29.5 Å². The molecule has 0 amide bonds. The highest BCUT2D eigenvalue weighted by molar-refractivity contribution is 7.09. The smallest absolute Gasteiger partial charge is 0.223 e. The fourth-order valence-corrected chi connectivity index (χ4v) is 2.81. The maximum Gasteiger partial charge on any atom is 0.223 e. The lowest BCUT2D eigenvalue weighted by atomic mass is 10.2. The van der Waals surface area contributed by atoms with E-state index in [4.69, 9.17) is 5.73 Å². The van der Waals surface area contributed by atoms with Gasteiger partial charge in [0.05, 0.1) is 0 Å². The van der Waals surface area contributed by atoms with Crippen molar-refractivity contribution in [1.82, 2.24) is 9.97 Å². The molecule has 0 aliphatic carbocycles. The zero-order valence-corrected chi connectivity index (χ0v) is 12.9. The highest BCUT2D eigenvalue weighted by atomic mass is 32.1. The first kappa shape index (κ1) is 14.6. The van der Waals surface area contributed by atoms with E-state index >= 15 is 0 Å². The van der Waals surface area contributed by atoms with Gasteiger partial charge in [0.2, 0.25) is 5.95 Å². The lowest BCUT2D eigenvalue weighted by Crippen LogP contribution is -2.31. The number of likely N-dealkylation sites (N-methyl/N-ethyl adjacent to an activating group) is 1. The van der Waals surface area contributed by atoms with E-state index in [1.165, 1.54) is 4.88 Å². The van der Waals surface area contributed by atoms with Crippen LogP contribution >= 0.6 is 11.3 Å². The fraction of sp³-hybridized carbons (Fsp3) is 0.429. The third-order valence-electron chi connectivity index (χ3n) is 3.19. The average Bonchev–Trinajstić information content (AvgIpc) is 2.90. The molecule has 2 aromatic heterocycles. The highest BCUT2D eigenvalue weighted by Gasteiger charge is 2.14. The fourth-order valence-electron chi connectivity index (χ4n) is 1.99. The minimum atomic E-state index is 0.300. The monoisotopic (exact) mass is 291 g/mol. The van der Waals surface area contributed by atoms with E-state index in [0.29, 0.717) is 12.0 Å². The van der Waals surface area contributed by atoms with Gasteiger partial charge in [0.25, 0.3) is 0 Å². The molecule has 0 saturated carbocycles. The molecule has 3 N–H and O–H groups in total. The Balaban J connectivity index is 2.13. The second-order valence-electron chi connectivity index (χ2n) is 4.74. The maximum absolute atomic E-state index is 5.78. The number of nitrogens with one attached hydrogen (secondary N) is 1. The number of hydrogen-bond donors (Lipinski definition) is 2. The summed E-state index contributed by atoms with van der Waals surface area (Å²) in [5.41, 5.74) is 5.78. The summed E-state index contributed by atoms with van der Waals surface area (Å²) in [6, 6.07) is 6.52. The number of anilines is 3. The Morgan fingerprint density at radius 1 is 1.45 bits per heavy atom. The van der Waals surface area contributed by atoms with Crippen LogP contribution in [0, 0.1) is 0 Å². The lowest BCUT2D eigenvalue weighted by molar-refractivity contribution is 0.680. The van der Waals surface area contributed by atoms with Crippen LogP contribution in [-0.2, 0) is 6.42 Å². The molecular formula is C14H21N5S. The number of nitrogen functional groups attached to an aromatic ring is 1. The number of nitrogens with zero attached hydrogens (tertiary/aromatic N) is 3. The van der Waals surface area contributed by atoms with E-state index in [0.717, 1.165) is 24.6 Å². The van der Waals surface area contributed by atoms with Crippen molar-refractivity contribution in [3.8, 4) is 0 Å². The Labute approximate surface area is 123 Å². The van der Waals surface area contributed by atoms with Crippen LogP contribution in [0.3, 0.4) is 0 Å².